The molecule has 0 saturated carbocycles. The van der Waals surface area contributed by atoms with Crippen molar-refractivity contribution in [2.45, 2.75) is 5.37 Å². The number of ether oxygens (including phenoxy) is 1. The van der Waals surface area contributed by atoms with E-state index in [9.17, 15) is 8.42 Å². The maximum Gasteiger partial charge on any atom is 0.167 e. The molecule has 0 aromatic rings. The second kappa shape index (κ2) is 3.06. The first-order valence-corrected chi connectivity index (χ1v) is 5.25. The molecule has 0 aliphatic carbocycles. The van der Waals surface area contributed by atoms with E-state index in [0.717, 1.165) is 6.26 Å². The highest BCUT2D eigenvalue weighted by atomic mass is 32.2. The number of sulfone groups is 1. The largest absolute Gasteiger partial charge is 0.377 e. The minimum absolute atomic E-state index is 0.176. The van der Waals surface area contributed by atoms with Crippen molar-refractivity contribution in [3.8, 4) is 0 Å². The fraction of sp³-hybridized carbons (Fsp3) is 1.00. The van der Waals surface area contributed by atoms with E-state index in [4.69, 9.17) is 10.6 Å². The predicted molar refractivity (Wildman–Crippen MR) is 40.3 cm³/mol. The maximum absolute atomic E-state index is 11.0. The third-order valence-corrected chi connectivity index (χ3v) is 3.01. The molecule has 0 amide bonds. The third kappa shape index (κ3) is 2.13. The summed E-state index contributed by atoms with van der Waals surface area (Å²) < 4.78 is 27.0. The fourth-order valence-electron chi connectivity index (χ4n) is 0.963. The molecule has 1 aliphatic heterocycles. The van der Waals surface area contributed by atoms with Crippen LogP contribution in [0.25, 0.3) is 0 Å². The van der Waals surface area contributed by atoms with Crippen LogP contribution in [-0.4, -0.2) is 44.8 Å². The van der Waals surface area contributed by atoms with Gasteiger partial charge in [0.15, 0.2) is 9.84 Å². The van der Waals surface area contributed by atoms with Gasteiger partial charge >= 0.3 is 0 Å². The van der Waals surface area contributed by atoms with E-state index in [1.54, 1.807) is 0 Å². The summed E-state index contributed by atoms with van der Waals surface area (Å²) >= 11 is 0. The molecule has 11 heavy (non-hydrogen) atoms. The number of rotatable bonds is 1. The van der Waals surface area contributed by atoms with E-state index in [0.29, 0.717) is 13.2 Å². The Bertz CT molecular complexity index is 226. The third-order valence-electron chi connectivity index (χ3n) is 1.62. The van der Waals surface area contributed by atoms with Gasteiger partial charge in [0.05, 0.1) is 13.2 Å². The van der Waals surface area contributed by atoms with Crippen LogP contribution >= 0.6 is 0 Å². The number of hydrogen-bond donors (Lipinski definition) is 1. The lowest BCUT2D eigenvalue weighted by Gasteiger charge is -2.29. The maximum atomic E-state index is 11.0. The zero-order valence-electron chi connectivity index (χ0n) is 6.36. The molecule has 0 spiro atoms. The summed E-state index contributed by atoms with van der Waals surface area (Å²) in [4.78, 5) is 0. The average molecular weight is 180 g/mol. The molecule has 5 nitrogen and oxygen atoms in total. The molecule has 1 unspecified atom stereocenters. The Morgan fingerprint density at radius 2 is 2.27 bits per heavy atom. The van der Waals surface area contributed by atoms with Gasteiger partial charge in [0.1, 0.15) is 5.37 Å². The van der Waals surface area contributed by atoms with Crippen molar-refractivity contribution < 1.29 is 13.2 Å². The lowest BCUT2D eigenvalue weighted by Crippen LogP contribution is -2.53. The summed E-state index contributed by atoms with van der Waals surface area (Å²) in [5.41, 5.74) is 0. The molecular weight excluding hydrogens is 168 g/mol. The molecule has 0 bridgehead atoms. The minimum atomic E-state index is -3.10. The van der Waals surface area contributed by atoms with E-state index < -0.39 is 15.2 Å². The van der Waals surface area contributed by atoms with E-state index in [-0.39, 0.29) is 6.61 Å². The smallest absolute Gasteiger partial charge is 0.167 e. The lowest BCUT2D eigenvalue weighted by molar-refractivity contribution is 0.0215. The van der Waals surface area contributed by atoms with Gasteiger partial charge in [-0.25, -0.2) is 13.4 Å². The Kier molecular flexibility index (Phi) is 2.48. The summed E-state index contributed by atoms with van der Waals surface area (Å²) in [5.74, 6) is 5.44. The van der Waals surface area contributed by atoms with Crippen molar-refractivity contribution in [2.75, 3.05) is 26.0 Å². The summed E-state index contributed by atoms with van der Waals surface area (Å²) in [6, 6.07) is 0. The summed E-state index contributed by atoms with van der Waals surface area (Å²) in [6.45, 7) is 1.15. The molecule has 1 aliphatic rings. The van der Waals surface area contributed by atoms with Gasteiger partial charge in [0.2, 0.25) is 0 Å². The Balaban J connectivity index is 2.70. The van der Waals surface area contributed by atoms with E-state index >= 15 is 0 Å². The lowest BCUT2D eigenvalue weighted by atomic mass is 10.5. The van der Waals surface area contributed by atoms with Crippen molar-refractivity contribution in [3.63, 3.8) is 0 Å². The fourth-order valence-corrected chi connectivity index (χ4v) is 1.90. The second-order valence-corrected chi connectivity index (χ2v) is 4.80. The second-order valence-electron chi connectivity index (χ2n) is 2.60. The Morgan fingerprint density at radius 1 is 1.64 bits per heavy atom. The predicted octanol–water partition coefficient (Wildman–Crippen LogP) is -1.44. The number of nitrogens with zero attached hydrogens (tertiary/aromatic N) is 1. The van der Waals surface area contributed by atoms with Gasteiger partial charge in [-0.15, -0.1) is 0 Å². The van der Waals surface area contributed by atoms with Crippen LogP contribution in [-0.2, 0) is 14.6 Å². The number of hydrazine groups is 1. The molecule has 2 N–H and O–H groups in total. The monoisotopic (exact) mass is 180 g/mol. The van der Waals surface area contributed by atoms with Crippen LogP contribution in [0.3, 0.4) is 0 Å². The van der Waals surface area contributed by atoms with Crippen molar-refractivity contribution in [2.24, 2.45) is 5.84 Å². The molecule has 1 saturated heterocycles. The van der Waals surface area contributed by atoms with E-state index in [1.165, 1.54) is 5.01 Å². The topological polar surface area (TPSA) is 72.6 Å². The minimum Gasteiger partial charge on any atom is -0.377 e. The van der Waals surface area contributed by atoms with Gasteiger partial charge in [-0.1, -0.05) is 0 Å². The molecule has 0 radical (unpaired) electrons. The molecule has 66 valence electrons. The Labute approximate surface area is 66.0 Å². The van der Waals surface area contributed by atoms with Gasteiger partial charge in [0, 0.05) is 12.8 Å². The van der Waals surface area contributed by atoms with Crippen LogP contribution in [0.5, 0.6) is 0 Å². The first-order chi connectivity index (χ1) is 5.02. The van der Waals surface area contributed by atoms with Crippen LogP contribution < -0.4 is 5.84 Å². The highest BCUT2D eigenvalue weighted by Gasteiger charge is 2.28. The summed E-state index contributed by atoms with van der Waals surface area (Å²) in [6.07, 6.45) is 1.16. The van der Waals surface area contributed by atoms with Crippen molar-refractivity contribution in [1.82, 2.24) is 5.01 Å². The molecule has 1 rings (SSSR count). The van der Waals surface area contributed by atoms with Gasteiger partial charge in [-0.2, -0.15) is 0 Å². The Morgan fingerprint density at radius 3 is 2.64 bits per heavy atom. The summed E-state index contributed by atoms with van der Waals surface area (Å²) in [5, 5.41) is 0.634. The molecule has 1 heterocycles. The Hall–Kier alpha value is -0.170. The first-order valence-electron chi connectivity index (χ1n) is 3.30. The quantitative estimate of drug-likeness (QED) is 0.500. The number of hydrogen-bond acceptors (Lipinski definition) is 5. The van der Waals surface area contributed by atoms with Crippen LogP contribution in [0.1, 0.15) is 0 Å². The zero-order valence-corrected chi connectivity index (χ0v) is 7.17. The number of nitrogens with two attached hydrogens (primary N) is 1. The normalized spacial score (nSPS) is 28.7. The van der Waals surface area contributed by atoms with Crippen molar-refractivity contribution in [1.29, 1.82) is 0 Å². The first kappa shape index (κ1) is 8.92. The molecule has 1 fully saturated rings. The van der Waals surface area contributed by atoms with Gasteiger partial charge in [-0.3, -0.25) is 5.84 Å². The van der Waals surface area contributed by atoms with Crippen LogP contribution in [0.15, 0.2) is 0 Å². The zero-order chi connectivity index (χ0) is 8.48. The highest BCUT2D eigenvalue weighted by molar-refractivity contribution is 7.91. The van der Waals surface area contributed by atoms with Gasteiger partial charge < -0.3 is 4.74 Å². The average Bonchev–Trinajstić information content (AvgIpc) is 1.86. The van der Waals surface area contributed by atoms with E-state index in [1.807, 2.05) is 0 Å². The van der Waals surface area contributed by atoms with Gasteiger partial charge in [0.25, 0.3) is 0 Å². The number of morpholine rings is 1. The highest BCUT2D eigenvalue weighted by Crippen LogP contribution is 2.07. The molecule has 0 aromatic heterocycles. The summed E-state index contributed by atoms with van der Waals surface area (Å²) in [7, 11) is -3.10. The van der Waals surface area contributed by atoms with Crippen LogP contribution in [0, 0.1) is 0 Å². The van der Waals surface area contributed by atoms with E-state index in [2.05, 4.69) is 0 Å². The molecule has 1 atom stereocenters. The SMILES string of the molecule is CS(=O)(=O)C1COCCN1N. The van der Waals surface area contributed by atoms with Gasteiger partial charge in [-0.05, 0) is 0 Å². The van der Waals surface area contributed by atoms with Crippen molar-refractivity contribution >= 4 is 9.84 Å². The van der Waals surface area contributed by atoms with Crippen LogP contribution in [0.2, 0.25) is 0 Å². The standard InChI is InChI=1S/C5H12N2O3S/c1-11(8,9)5-4-10-3-2-7(5)6/h5H,2-4,6H2,1H3. The molecule has 0 aromatic carbocycles. The van der Waals surface area contributed by atoms with Crippen molar-refractivity contribution in [3.05, 3.63) is 0 Å². The van der Waals surface area contributed by atoms with Crippen LogP contribution in [0.4, 0.5) is 0 Å². The molecular formula is C5H12N2O3S. The molecule has 6 heteroatoms.